The van der Waals surface area contributed by atoms with E-state index in [9.17, 15) is 9.90 Å². The van der Waals surface area contributed by atoms with Crippen molar-refractivity contribution in [3.05, 3.63) is 59.2 Å². The first kappa shape index (κ1) is 23.8. The standard InChI is InChI=1S/C27H31N3O4/c1-2-13-29-14-16-30(17-15-29)27(32)21-5-10-25(11-6-21)34-26-12-7-22(18-23(26)19-31)20-3-8-24(28-33)9-4-20/h1,5-7,10-12,18,20,31,33H,3-4,8-9,13-17,19H2. The smallest absolute Gasteiger partial charge is 0.253 e. The minimum Gasteiger partial charge on any atom is -0.457 e. The van der Waals surface area contributed by atoms with E-state index in [1.54, 1.807) is 24.3 Å². The third kappa shape index (κ3) is 5.58. The number of terminal acetylenes is 1. The maximum Gasteiger partial charge on any atom is 0.253 e. The van der Waals surface area contributed by atoms with Crippen molar-refractivity contribution in [3.8, 4) is 23.8 Å². The highest BCUT2D eigenvalue weighted by Crippen LogP contribution is 2.35. The van der Waals surface area contributed by atoms with E-state index in [0.717, 1.165) is 55.6 Å². The van der Waals surface area contributed by atoms with Crippen molar-refractivity contribution in [1.82, 2.24) is 9.80 Å². The fraction of sp³-hybridized carbons (Fsp3) is 0.407. The van der Waals surface area contributed by atoms with E-state index < -0.39 is 0 Å². The second kappa shape index (κ2) is 11.2. The second-order valence-corrected chi connectivity index (χ2v) is 8.86. The van der Waals surface area contributed by atoms with Crippen molar-refractivity contribution in [2.24, 2.45) is 5.16 Å². The summed E-state index contributed by atoms with van der Waals surface area (Å²) in [4.78, 5) is 16.9. The molecule has 2 N–H and O–H groups in total. The molecule has 34 heavy (non-hydrogen) atoms. The van der Waals surface area contributed by atoms with E-state index in [0.29, 0.717) is 42.6 Å². The molecule has 2 aromatic rings. The summed E-state index contributed by atoms with van der Waals surface area (Å²) in [5.41, 5.74) is 3.37. The molecule has 1 saturated carbocycles. The number of aliphatic hydroxyl groups excluding tert-OH is 1. The molecule has 1 saturated heterocycles. The van der Waals surface area contributed by atoms with Gasteiger partial charge >= 0.3 is 0 Å². The minimum absolute atomic E-state index is 0.00851. The number of nitrogens with zero attached hydrogens (tertiary/aromatic N) is 3. The number of oxime groups is 1. The first-order valence-electron chi connectivity index (χ1n) is 11.8. The van der Waals surface area contributed by atoms with Crippen LogP contribution in [0.4, 0.5) is 0 Å². The molecular weight excluding hydrogens is 430 g/mol. The highest BCUT2D eigenvalue weighted by molar-refractivity contribution is 5.94. The summed E-state index contributed by atoms with van der Waals surface area (Å²) in [7, 11) is 0. The van der Waals surface area contributed by atoms with Crippen LogP contribution < -0.4 is 4.74 Å². The Morgan fingerprint density at radius 3 is 2.41 bits per heavy atom. The zero-order valence-electron chi connectivity index (χ0n) is 19.3. The number of aliphatic hydroxyl groups is 1. The normalized spacial score (nSPS) is 18.9. The van der Waals surface area contributed by atoms with Gasteiger partial charge in [-0.25, -0.2) is 0 Å². The zero-order valence-corrected chi connectivity index (χ0v) is 19.3. The molecule has 0 atom stereocenters. The van der Waals surface area contributed by atoms with Gasteiger partial charge in [0.05, 0.1) is 18.9 Å². The van der Waals surface area contributed by atoms with Crippen molar-refractivity contribution in [2.45, 2.75) is 38.2 Å². The van der Waals surface area contributed by atoms with Gasteiger partial charge in [-0.05, 0) is 73.6 Å². The Hall–Kier alpha value is -3.34. The van der Waals surface area contributed by atoms with E-state index >= 15 is 0 Å². The quantitative estimate of drug-likeness (QED) is 0.388. The average Bonchev–Trinajstić information content (AvgIpc) is 2.89. The molecule has 2 fully saturated rings. The number of rotatable bonds is 6. The summed E-state index contributed by atoms with van der Waals surface area (Å²) in [6, 6.07) is 13.1. The van der Waals surface area contributed by atoms with Gasteiger partial charge in [-0.15, -0.1) is 6.42 Å². The van der Waals surface area contributed by atoms with Crippen molar-refractivity contribution >= 4 is 11.6 Å². The third-order valence-electron chi connectivity index (χ3n) is 6.73. The van der Waals surface area contributed by atoms with Crippen molar-refractivity contribution in [2.75, 3.05) is 32.7 Å². The number of benzene rings is 2. The number of ether oxygens (including phenoxy) is 1. The van der Waals surface area contributed by atoms with Crippen LogP contribution in [-0.4, -0.2) is 64.5 Å². The molecule has 7 heteroatoms. The Labute approximate surface area is 200 Å². The average molecular weight is 462 g/mol. The molecule has 7 nitrogen and oxygen atoms in total. The molecule has 0 spiro atoms. The van der Waals surface area contributed by atoms with Gasteiger partial charge in [0.25, 0.3) is 5.91 Å². The summed E-state index contributed by atoms with van der Waals surface area (Å²) >= 11 is 0. The van der Waals surface area contributed by atoms with Crippen LogP contribution in [-0.2, 0) is 6.61 Å². The predicted molar refractivity (Wildman–Crippen MR) is 130 cm³/mol. The molecule has 2 aromatic carbocycles. The first-order chi connectivity index (χ1) is 16.6. The largest absolute Gasteiger partial charge is 0.457 e. The highest BCUT2D eigenvalue weighted by Gasteiger charge is 2.22. The van der Waals surface area contributed by atoms with Gasteiger partial charge in [0, 0.05) is 37.3 Å². The van der Waals surface area contributed by atoms with Crippen LogP contribution in [0.1, 0.15) is 53.1 Å². The molecular formula is C27H31N3O4. The van der Waals surface area contributed by atoms with Crippen LogP contribution in [0.3, 0.4) is 0 Å². The molecule has 0 radical (unpaired) electrons. The van der Waals surface area contributed by atoms with E-state index in [1.807, 2.05) is 23.1 Å². The van der Waals surface area contributed by atoms with Gasteiger partial charge in [0.1, 0.15) is 11.5 Å². The summed E-state index contributed by atoms with van der Waals surface area (Å²) < 4.78 is 6.04. The minimum atomic E-state index is -0.124. The van der Waals surface area contributed by atoms with Crippen LogP contribution in [0.5, 0.6) is 11.5 Å². The third-order valence-corrected chi connectivity index (χ3v) is 6.73. The summed E-state index contributed by atoms with van der Waals surface area (Å²) in [5, 5.41) is 22.2. The van der Waals surface area contributed by atoms with Gasteiger partial charge < -0.3 is 20.0 Å². The Balaban J connectivity index is 1.38. The Kier molecular flexibility index (Phi) is 7.84. The molecule has 0 bridgehead atoms. The lowest BCUT2D eigenvalue weighted by Gasteiger charge is -2.33. The lowest BCUT2D eigenvalue weighted by Crippen LogP contribution is -2.48. The number of carbonyl (C=O) groups excluding carboxylic acids is 1. The van der Waals surface area contributed by atoms with Crippen LogP contribution in [0.25, 0.3) is 0 Å². The van der Waals surface area contributed by atoms with Gasteiger partial charge in [-0.3, -0.25) is 9.69 Å². The molecule has 1 aliphatic heterocycles. The maximum absolute atomic E-state index is 12.8. The summed E-state index contributed by atoms with van der Waals surface area (Å²) in [6.45, 7) is 3.40. The highest BCUT2D eigenvalue weighted by atomic mass is 16.5. The fourth-order valence-electron chi connectivity index (χ4n) is 4.67. The van der Waals surface area contributed by atoms with Gasteiger partial charge in [-0.1, -0.05) is 17.1 Å². The van der Waals surface area contributed by atoms with Crippen LogP contribution >= 0.6 is 0 Å². The monoisotopic (exact) mass is 461 g/mol. The second-order valence-electron chi connectivity index (χ2n) is 8.86. The maximum atomic E-state index is 12.8. The number of hydrogen-bond donors (Lipinski definition) is 2. The molecule has 0 unspecified atom stereocenters. The zero-order chi connectivity index (χ0) is 23.9. The summed E-state index contributed by atoms with van der Waals surface area (Å²) in [6.07, 6.45) is 8.82. The molecule has 4 rings (SSSR count). The fourth-order valence-corrected chi connectivity index (χ4v) is 4.67. The van der Waals surface area contributed by atoms with Gasteiger partial charge in [-0.2, -0.15) is 0 Å². The number of hydrogen-bond acceptors (Lipinski definition) is 6. The topological polar surface area (TPSA) is 85.6 Å². The molecule has 1 amide bonds. The van der Waals surface area contributed by atoms with E-state index in [2.05, 4.69) is 16.0 Å². The van der Waals surface area contributed by atoms with Crippen molar-refractivity contribution in [3.63, 3.8) is 0 Å². The van der Waals surface area contributed by atoms with Crippen LogP contribution in [0, 0.1) is 12.3 Å². The molecule has 2 aliphatic rings. The Morgan fingerprint density at radius 1 is 1.09 bits per heavy atom. The SMILES string of the molecule is C#CCN1CCN(C(=O)c2ccc(Oc3ccc(C4CCC(=NO)CC4)cc3CO)cc2)CC1. The van der Waals surface area contributed by atoms with E-state index in [-0.39, 0.29) is 12.5 Å². The van der Waals surface area contributed by atoms with Gasteiger partial charge in [0.15, 0.2) is 0 Å². The van der Waals surface area contributed by atoms with Crippen LogP contribution in [0.2, 0.25) is 0 Å². The molecule has 178 valence electrons. The van der Waals surface area contributed by atoms with Crippen molar-refractivity contribution in [1.29, 1.82) is 0 Å². The van der Waals surface area contributed by atoms with Crippen molar-refractivity contribution < 1.29 is 19.8 Å². The summed E-state index contributed by atoms with van der Waals surface area (Å²) in [5.74, 6) is 4.25. The van der Waals surface area contributed by atoms with E-state index in [4.69, 9.17) is 16.4 Å². The number of carbonyl (C=O) groups is 1. The Bertz CT molecular complexity index is 1060. The lowest BCUT2D eigenvalue weighted by atomic mass is 9.82. The molecule has 1 heterocycles. The number of amides is 1. The van der Waals surface area contributed by atoms with Gasteiger partial charge in [0.2, 0.25) is 0 Å². The molecule has 1 aliphatic carbocycles. The van der Waals surface area contributed by atoms with Crippen LogP contribution in [0.15, 0.2) is 47.6 Å². The predicted octanol–water partition coefficient (Wildman–Crippen LogP) is 3.85. The number of piperazine rings is 1. The first-order valence-corrected chi connectivity index (χ1v) is 11.8. The lowest BCUT2D eigenvalue weighted by molar-refractivity contribution is 0.0652. The van der Waals surface area contributed by atoms with E-state index in [1.165, 1.54) is 0 Å². The molecule has 0 aromatic heterocycles. The Morgan fingerprint density at radius 2 is 1.79 bits per heavy atom.